The maximum absolute atomic E-state index is 14.0. The van der Waals surface area contributed by atoms with Crippen LogP contribution in [0.5, 0.6) is 0 Å². The molecule has 2 aromatic heterocycles. The standard InChI is InChI=1S/C26H22Cl2N6O4S/c1-14-22-16(13-21(35)34(14)32-8-10-38-11-9-32)23(24(36)29-15-6-7-17(27)18(28)12-15)31-33(25(22)37)26-30-19-4-2-3-5-20(19)39-26/h2-7,12-13,23,31H,8-11H2,1H3,(H,29,36)/t23-/m0/s1. The second-order valence-electron chi connectivity index (χ2n) is 9.06. The van der Waals surface area contributed by atoms with E-state index in [2.05, 4.69) is 15.7 Å². The van der Waals surface area contributed by atoms with E-state index in [1.54, 1.807) is 19.1 Å². The van der Waals surface area contributed by atoms with Gasteiger partial charge in [-0.25, -0.2) is 20.1 Å². The number of aromatic nitrogens is 2. The molecular weight excluding hydrogens is 563 g/mol. The number of carbonyl (C=O) groups is 2. The Balaban J connectivity index is 1.46. The second-order valence-corrected chi connectivity index (χ2v) is 10.9. The van der Waals surface area contributed by atoms with Gasteiger partial charge >= 0.3 is 0 Å². The van der Waals surface area contributed by atoms with Gasteiger partial charge in [-0.2, -0.15) is 0 Å². The van der Waals surface area contributed by atoms with Crippen molar-refractivity contribution in [1.29, 1.82) is 0 Å². The Morgan fingerprint density at radius 1 is 1.10 bits per heavy atom. The van der Waals surface area contributed by atoms with Crippen molar-refractivity contribution in [3.63, 3.8) is 0 Å². The summed E-state index contributed by atoms with van der Waals surface area (Å²) in [5.41, 5.74) is 4.79. The van der Waals surface area contributed by atoms with Gasteiger partial charge in [0.05, 0.1) is 57.8 Å². The molecule has 39 heavy (non-hydrogen) atoms. The van der Waals surface area contributed by atoms with Crippen molar-refractivity contribution in [2.75, 3.05) is 41.6 Å². The van der Waals surface area contributed by atoms with E-state index < -0.39 is 17.9 Å². The molecule has 2 amide bonds. The van der Waals surface area contributed by atoms with Crippen LogP contribution in [0, 0.1) is 6.92 Å². The summed E-state index contributed by atoms with van der Waals surface area (Å²) in [5, 5.41) is 6.96. The number of ether oxygens (including phenoxy) is 1. The molecule has 4 heterocycles. The van der Waals surface area contributed by atoms with Crippen LogP contribution in [-0.4, -0.2) is 47.8 Å². The van der Waals surface area contributed by atoms with Crippen molar-refractivity contribution in [3.05, 3.63) is 85.8 Å². The number of anilines is 2. The lowest BCUT2D eigenvalue weighted by atomic mass is 9.96. The van der Waals surface area contributed by atoms with E-state index in [9.17, 15) is 14.4 Å². The fourth-order valence-electron chi connectivity index (χ4n) is 4.81. The van der Waals surface area contributed by atoms with Gasteiger partial charge < -0.3 is 15.1 Å². The van der Waals surface area contributed by atoms with Crippen LogP contribution in [-0.2, 0) is 9.53 Å². The van der Waals surface area contributed by atoms with Crippen molar-refractivity contribution in [3.8, 4) is 0 Å². The maximum Gasteiger partial charge on any atom is 0.276 e. The van der Waals surface area contributed by atoms with Crippen molar-refractivity contribution in [1.82, 2.24) is 15.1 Å². The number of hydrogen-bond donors (Lipinski definition) is 2. The molecule has 0 unspecified atom stereocenters. The molecule has 1 saturated heterocycles. The summed E-state index contributed by atoms with van der Waals surface area (Å²) in [7, 11) is 0. The number of rotatable bonds is 4. The number of benzene rings is 2. The van der Waals surface area contributed by atoms with Gasteiger partial charge in [0.25, 0.3) is 11.5 Å². The second kappa shape index (κ2) is 10.2. The third kappa shape index (κ3) is 4.66. The molecule has 2 aliphatic rings. The number of nitrogens with one attached hydrogen (secondary N) is 2. The number of amides is 2. The SMILES string of the molecule is Cc1c2c(cc(=O)n1N1CCOCC1)[C@@H](C(=O)Nc1ccc(Cl)c(Cl)c1)NN(c1nc3ccccc3s1)C2=O. The van der Waals surface area contributed by atoms with E-state index in [1.165, 1.54) is 33.2 Å². The first-order valence-corrected chi connectivity index (χ1v) is 13.7. The number of hydrogen-bond acceptors (Lipinski definition) is 8. The summed E-state index contributed by atoms with van der Waals surface area (Å²) in [6.07, 6.45) is 0. The number of para-hydroxylation sites is 1. The highest BCUT2D eigenvalue weighted by atomic mass is 35.5. The van der Waals surface area contributed by atoms with Gasteiger partial charge in [0.15, 0.2) is 0 Å². The summed E-state index contributed by atoms with van der Waals surface area (Å²) in [5.74, 6) is -0.904. The number of pyridine rings is 1. The van der Waals surface area contributed by atoms with E-state index in [4.69, 9.17) is 27.9 Å². The maximum atomic E-state index is 14.0. The third-order valence-electron chi connectivity index (χ3n) is 6.64. The predicted molar refractivity (Wildman–Crippen MR) is 152 cm³/mol. The first-order valence-electron chi connectivity index (χ1n) is 12.1. The molecule has 13 heteroatoms. The summed E-state index contributed by atoms with van der Waals surface area (Å²) in [6, 6.07) is 12.5. The molecule has 0 aliphatic carbocycles. The van der Waals surface area contributed by atoms with Crippen LogP contribution in [0.3, 0.4) is 0 Å². The quantitative estimate of drug-likeness (QED) is 0.374. The molecule has 2 aromatic carbocycles. The van der Waals surface area contributed by atoms with Crippen molar-refractivity contribution >= 4 is 67.4 Å². The van der Waals surface area contributed by atoms with Crippen LogP contribution in [0.2, 0.25) is 10.0 Å². The Labute approximate surface area is 236 Å². The number of thiazole rings is 1. The van der Waals surface area contributed by atoms with Crippen LogP contribution in [0.4, 0.5) is 10.8 Å². The fourth-order valence-corrected chi connectivity index (χ4v) is 6.04. The molecule has 2 N–H and O–H groups in total. The monoisotopic (exact) mass is 584 g/mol. The van der Waals surface area contributed by atoms with Crippen molar-refractivity contribution in [2.24, 2.45) is 0 Å². The lowest BCUT2D eigenvalue weighted by Crippen LogP contribution is -2.56. The highest BCUT2D eigenvalue weighted by molar-refractivity contribution is 7.22. The van der Waals surface area contributed by atoms with Crippen LogP contribution in [0.1, 0.15) is 27.7 Å². The zero-order valence-corrected chi connectivity index (χ0v) is 22.9. The number of fused-ring (bicyclic) bond motifs is 2. The largest absolute Gasteiger partial charge is 0.378 e. The third-order valence-corrected chi connectivity index (χ3v) is 8.40. The Morgan fingerprint density at radius 3 is 2.62 bits per heavy atom. The Hall–Kier alpha value is -3.48. The van der Waals surface area contributed by atoms with Crippen LogP contribution in [0.25, 0.3) is 10.2 Å². The molecule has 4 aromatic rings. The van der Waals surface area contributed by atoms with E-state index in [-0.39, 0.29) is 21.7 Å². The molecule has 0 radical (unpaired) electrons. The number of hydrazine groups is 1. The van der Waals surface area contributed by atoms with Crippen molar-refractivity contribution < 1.29 is 14.3 Å². The van der Waals surface area contributed by atoms with E-state index in [0.717, 1.165) is 10.2 Å². The Morgan fingerprint density at radius 2 is 1.87 bits per heavy atom. The van der Waals surface area contributed by atoms with E-state index in [1.807, 2.05) is 29.3 Å². The normalized spacial score (nSPS) is 17.4. The molecule has 0 spiro atoms. The number of halogens is 2. The fraction of sp³-hybridized carbons (Fsp3) is 0.231. The minimum absolute atomic E-state index is 0.258. The number of morpholine rings is 1. The van der Waals surface area contributed by atoms with Gasteiger partial charge in [0, 0.05) is 17.3 Å². The van der Waals surface area contributed by atoms with Gasteiger partial charge in [0.2, 0.25) is 11.0 Å². The summed E-state index contributed by atoms with van der Waals surface area (Å²) in [4.78, 5) is 45.6. The molecule has 1 fully saturated rings. The first-order chi connectivity index (χ1) is 18.8. The van der Waals surface area contributed by atoms with Gasteiger partial charge in [-0.05, 0) is 37.3 Å². The predicted octanol–water partition coefficient (Wildman–Crippen LogP) is 3.89. The lowest BCUT2D eigenvalue weighted by molar-refractivity contribution is -0.118. The van der Waals surface area contributed by atoms with Gasteiger partial charge in [-0.1, -0.05) is 46.7 Å². The minimum atomic E-state index is -1.08. The topological polar surface area (TPSA) is 109 Å². The van der Waals surface area contributed by atoms with Gasteiger partial charge in [-0.15, -0.1) is 0 Å². The molecule has 2 aliphatic heterocycles. The Bertz CT molecular complexity index is 1650. The van der Waals surface area contributed by atoms with E-state index >= 15 is 0 Å². The average molecular weight is 585 g/mol. The van der Waals surface area contributed by atoms with Gasteiger partial charge in [-0.3, -0.25) is 14.4 Å². The van der Waals surface area contributed by atoms with Crippen LogP contribution in [0.15, 0.2) is 53.3 Å². The Kier molecular flexibility index (Phi) is 6.77. The van der Waals surface area contributed by atoms with Crippen molar-refractivity contribution in [2.45, 2.75) is 13.0 Å². The summed E-state index contributed by atoms with van der Waals surface area (Å²) >= 11 is 13.5. The zero-order chi connectivity index (χ0) is 27.3. The highest BCUT2D eigenvalue weighted by Gasteiger charge is 2.40. The number of carbonyl (C=O) groups excluding carboxylic acids is 2. The van der Waals surface area contributed by atoms with Crippen LogP contribution >= 0.6 is 34.5 Å². The highest BCUT2D eigenvalue weighted by Crippen LogP contribution is 2.35. The molecule has 6 rings (SSSR count). The summed E-state index contributed by atoms with van der Waals surface area (Å²) in [6.45, 7) is 3.63. The molecule has 10 nitrogen and oxygen atoms in total. The average Bonchev–Trinajstić information content (AvgIpc) is 3.35. The molecule has 0 saturated carbocycles. The smallest absolute Gasteiger partial charge is 0.276 e. The first kappa shape index (κ1) is 25.8. The lowest BCUT2D eigenvalue weighted by Gasteiger charge is -2.37. The molecule has 1 atom stereocenters. The van der Waals surface area contributed by atoms with E-state index in [0.29, 0.717) is 47.8 Å². The molecule has 200 valence electrons. The zero-order valence-electron chi connectivity index (χ0n) is 20.6. The number of nitrogens with zero attached hydrogens (tertiary/aromatic N) is 4. The molecular formula is C26H22Cl2N6O4S. The summed E-state index contributed by atoms with van der Waals surface area (Å²) < 4.78 is 7.82. The molecule has 0 bridgehead atoms. The minimum Gasteiger partial charge on any atom is -0.378 e. The van der Waals surface area contributed by atoms with Gasteiger partial charge in [0.1, 0.15) is 6.04 Å². The van der Waals surface area contributed by atoms with Crippen LogP contribution < -0.4 is 26.3 Å².